The number of nitrogens with zero attached hydrogens (tertiary/aromatic N) is 4. The van der Waals surface area contributed by atoms with Crippen molar-refractivity contribution in [3.8, 4) is 5.69 Å². The average molecular weight is 411 g/mol. The molecule has 0 unspecified atom stereocenters. The first kappa shape index (κ1) is 20.5. The molecule has 0 fully saturated rings. The van der Waals surface area contributed by atoms with Crippen LogP contribution in [-0.2, 0) is 4.79 Å². The summed E-state index contributed by atoms with van der Waals surface area (Å²) in [4.78, 5) is 25.5. The van der Waals surface area contributed by atoms with Gasteiger partial charge in [0.05, 0.1) is 17.0 Å². The largest absolute Gasteiger partial charge is 0.353 e. The third-order valence-corrected chi connectivity index (χ3v) is 5.08. The quantitative estimate of drug-likeness (QED) is 0.581. The smallest absolute Gasteiger partial charge is 0.256 e. The molecule has 1 aromatic heterocycles. The van der Waals surface area contributed by atoms with Gasteiger partial charge in [-0.25, -0.2) is 4.68 Å². The summed E-state index contributed by atoms with van der Waals surface area (Å²) in [7, 11) is 0. The first-order chi connectivity index (χ1) is 13.9. The van der Waals surface area contributed by atoms with Gasteiger partial charge in [-0.05, 0) is 61.0 Å². The zero-order valence-corrected chi connectivity index (χ0v) is 17.2. The Kier molecular flexibility index (Phi) is 6.61. The molecule has 2 amide bonds. The van der Waals surface area contributed by atoms with Gasteiger partial charge in [0.1, 0.15) is 6.33 Å². The molecule has 0 saturated carbocycles. The van der Waals surface area contributed by atoms with Gasteiger partial charge in [-0.3, -0.25) is 9.59 Å². The molecule has 3 aromatic rings. The van der Waals surface area contributed by atoms with E-state index in [1.807, 2.05) is 51.1 Å². The van der Waals surface area contributed by atoms with Crippen molar-refractivity contribution in [3.05, 3.63) is 59.9 Å². The molecule has 2 aromatic carbocycles. The molecule has 3 rings (SSSR count). The van der Waals surface area contributed by atoms with Gasteiger partial charge in [0.25, 0.3) is 5.91 Å². The van der Waals surface area contributed by atoms with Crippen LogP contribution in [0.25, 0.3) is 5.69 Å². The van der Waals surface area contributed by atoms with Gasteiger partial charge < -0.3 is 10.6 Å². The summed E-state index contributed by atoms with van der Waals surface area (Å²) in [5.41, 5.74) is 2.89. The highest BCUT2D eigenvalue weighted by molar-refractivity contribution is 8.00. The first-order valence-corrected chi connectivity index (χ1v) is 10.1. The molecule has 29 heavy (non-hydrogen) atoms. The van der Waals surface area contributed by atoms with Gasteiger partial charge in [0, 0.05) is 16.6 Å². The Balaban J connectivity index is 1.75. The van der Waals surface area contributed by atoms with Gasteiger partial charge in [-0.15, -0.1) is 16.9 Å². The summed E-state index contributed by atoms with van der Waals surface area (Å²) in [6.45, 7) is 5.76. The molecule has 0 saturated heterocycles. The molecular formula is C20H22N6O2S. The third-order valence-electron chi connectivity index (χ3n) is 4.00. The first-order valence-electron chi connectivity index (χ1n) is 9.10. The Labute approximate surface area is 173 Å². The van der Waals surface area contributed by atoms with E-state index in [9.17, 15) is 9.59 Å². The second kappa shape index (κ2) is 9.33. The van der Waals surface area contributed by atoms with E-state index in [1.165, 1.54) is 18.1 Å². The lowest BCUT2D eigenvalue weighted by Gasteiger charge is -2.12. The highest BCUT2D eigenvalue weighted by atomic mass is 32.2. The highest BCUT2D eigenvalue weighted by Gasteiger charge is 2.14. The minimum Gasteiger partial charge on any atom is -0.353 e. The molecule has 1 heterocycles. The number of thioether (sulfide) groups is 1. The maximum atomic E-state index is 12.9. The van der Waals surface area contributed by atoms with Crippen LogP contribution in [0.2, 0.25) is 0 Å². The zero-order chi connectivity index (χ0) is 20.8. The van der Waals surface area contributed by atoms with E-state index in [1.54, 1.807) is 16.8 Å². The lowest BCUT2D eigenvalue weighted by molar-refractivity contribution is -0.119. The Hall–Kier alpha value is -3.20. The van der Waals surface area contributed by atoms with Crippen molar-refractivity contribution < 1.29 is 9.59 Å². The van der Waals surface area contributed by atoms with Crippen molar-refractivity contribution >= 4 is 29.3 Å². The summed E-state index contributed by atoms with van der Waals surface area (Å²) in [5, 5.41) is 17.0. The van der Waals surface area contributed by atoms with Crippen LogP contribution in [0.3, 0.4) is 0 Å². The van der Waals surface area contributed by atoms with Crippen LogP contribution in [0.5, 0.6) is 0 Å². The van der Waals surface area contributed by atoms with Gasteiger partial charge >= 0.3 is 0 Å². The van der Waals surface area contributed by atoms with E-state index in [2.05, 4.69) is 26.2 Å². The Morgan fingerprint density at radius 1 is 1.17 bits per heavy atom. The number of anilines is 1. The van der Waals surface area contributed by atoms with Crippen molar-refractivity contribution in [1.29, 1.82) is 0 Å². The Bertz CT molecular complexity index is 1000. The average Bonchev–Trinajstić information content (AvgIpc) is 3.22. The second-order valence-electron chi connectivity index (χ2n) is 6.72. The van der Waals surface area contributed by atoms with E-state index in [-0.39, 0.29) is 23.6 Å². The predicted octanol–water partition coefficient (Wildman–Crippen LogP) is 2.84. The fourth-order valence-corrected chi connectivity index (χ4v) is 3.55. The van der Waals surface area contributed by atoms with Crippen molar-refractivity contribution in [3.63, 3.8) is 0 Å². The number of hydrogen-bond donors (Lipinski definition) is 2. The molecule has 0 aliphatic rings. The molecular weight excluding hydrogens is 388 g/mol. The van der Waals surface area contributed by atoms with E-state index >= 15 is 0 Å². The number of hydrogen-bond acceptors (Lipinski definition) is 6. The number of benzene rings is 2. The number of nitrogens with one attached hydrogen (secondary N) is 2. The van der Waals surface area contributed by atoms with Crippen molar-refractivity contribution in [2.45, 2.75) is 31.7 Å². The molecule has 0 aliphatic heterocycles. The highest BCUT2D eigenvalue weighted by Crippen LogP contribution is 2.24. The molecule has 8 nitrogen and oxygen atoms in total. The van der Waals surface area contributed by atoms with Crippen molar-refractivity contribution in [1.82, 2.24) is 25.5 Å². The van der Waals surface area contributed by atoms with Crippen molar-refractivity contribution in [2.24, 2.45) is 0 Å². The lowest BCUT2D eigenvalue weighted by Crippen LogP contribution is -2.31. The fraction of sp³-hybridized carbons (Fsp3) is 0.250. The van der Waals surface area contributed by atoms with Gasteiger partial charge in [0.15, 0.2) is 0 Å². The number of amides is 2. The summed E-state index contributed by atoms with van der Waals surface area (Å²) in [6, 6.07) is 12.8. The zero-order valence-electron chi connectivity index (χ0n) is 16.4. The summed E-state index contributed by atoms with van der Waals surface area (Å²) in [5.74, 6) is -0.0649. The fourth-order valence-electron chi connectivity index (χ4n) is 2.69. The topological polar surface area (TPSA) is 102 Å². The summed E-state index contributed by atoms with van der Waals surface area (Å²) >= 11 is 1.34. The van der Waals surface area contributed by atoms with Crippen LogP contribution in [0.1, 0.15) is 29.8 Å². The van der Waals surface area contributed by atoms with E-state index in [0.29, 0.717) is 11.3 Å². The molecule has 0 radical (unpaired) electrons. The van der Waals surface area contributed by atoms with Gasteiger partial charge in [-0.2, -0.15) is 0 Å². The Morgan fingerprint density at radius 2 is 1.97 bits per heavy atom. The Morgan fingerprint density at radius 3 is 2.69 bits per heavy atom. The molecule has 0 aliphatic carbocycles. The number of tetrazole rings is 1. The van der Waals surface area contributed by atoms with Crippen LogP contribution in [0, 0.1) is 6.92 Å². The number of aromatic nitrogens is 4. The normalized spacial score (nSPS) is 10.8. The van der Waals surface area contributed by atoms with E-state index in [0.717, 1.165) is 16.1 Å². The van der Waals surface area contributed by atoms with Crippen LogP contribution in [0.4, 0.5) is 5.69 Å². The molecule has 0 bridgehead atoms. The minimum absolute atomic E-state index is 0.0650. The van der Waals surface area contributed by atoms with E-state index < -0.39 is 0 Å². The standard InChI is InChI=1S/C20H22N6O2S/c1-13(2)22-19(27)11-29-18-7-5-4-6-16(18)20(28)23-15-9-8-14(3)17(10-15)26-12-21-24-25-26/h4-10,12-13H,11H2,1-3H3,(H,22,27)(H,23,28). The third kappa shape index (κ3) is 5.41. The van der Waals surface area contributed by atoms with E-state index in [4.69, 9.17) is 0 Å². The summed E-state index contributed by atoms with van der Waals surface area (Å²) in [6.07, 6.45) is 1.50. The number of carbonyl (C=O) groups is 2. The maximum absolute atomic E-state index is 12.9. The number of rotatable bonds is 7. The van der Waals surface area contributed by atoms with Crippen LogP contribution in [-0.4, -0.2) is 43.8 Å². The molecule has 2 N–H and O–H groups in total. The minimum atomic E-state index is -0.246. The van der Waals surface area contributed by atoms with Gasteiger partial charge in [-0.1, -0.05) is 18.2 Å². The molecule has 0 atom stereocenters. The van der Waals surface area contributed by atoms with Gasteiger partial charge in [0.2, 0.25) is 5.91 Å². The lowest BCUT2D eigenvalue weighted by atomic mass is 10.1. The number of carbonyl (C=O) groups excluding carboxylic acids is 2. The van der Waals surface area contributed by atoms with Crippen LogP contribution < -0.4 is 10.6 Å². The molecule has 9 heteroatoms. The maximum Gasteiger partial charge on any atom is 0.256 e. The number of aryl methyl sites for hydroxylation is 1. The molecule has 150 valence electrons. The van der Waals surface area contributed by atoms with Crippen LogP contribution >= 0.6 is 11.8 Å². The summed E-state index contributed by atoms with van der Waals surface area (Å²) < 4.78 is 1.54. The second-order valence-corrected chi connectivity index (χ2v) is 7.73. The predicted molar refractivity (Wildman–Crippen MR) is 112 cm³/mol. The van der Waals surface area contributed by atoms with Crippen LogP contribution in [0.15, 0.2) is 53.7 Å². The SMILES string of the molecule is Cc1ccc(NC(=O)c2ccccc2SCC(=O)NC(C)C)cc1-n1cnnn1. The van der Waals surface area contributed by atoms with Crippen molar-refractivity contribution in [2.75, 3.05) is 11.1 Å². The monoisotopic (exact) mass is 410 g/mol. The molecule has 0 spiro atoms.